The maximum absolute atomic E-state index is 12.7. The van der Waals surface area contributed by atoms with Gasteiger partial charge in [-0.05, 0) is 60.7 Å². The third-order valence-corrected chi connectivity index (χ3v) is 6.25. The van der Waals surface area contributed by atoms with Crippen LogP contribution in [-0.4, -0.2) is 53.6 Å². The SMILES string of the molecule is COc1ccc(OCCN(C)C(=O)c2ccc(S(=O)(=O)Nc3ccccc3OC)cc2)cc1. The van der Waals surface area contributed by atoms with Crippen molar-refractivity contribution in [3.63, 3.8) is 0 Å². The first-order valence-electron chi connectivity index (χ1n) is 10.1. The Kier molecular flexibility index (Phi) is 7.78. The number of nitrogens with one attached hydrogen (secondary N) is 1. The highest BCUT2D eigenvalue weighted by Crippen LogP contribution is 2.26. The number of methoxy groups -OCH3 is 2. The van der Waals surface area contributed by atoms with Gasteiger partial charge in [0.05, 0.1) is 31.3 Å². The monoisotopic (exact) mass is 470 g/mol. The minimum absolute atomic E-state index is 0.0375. The minimum atomic E-state index is -3.84. The molecule has 0 radical (unpaired) electrons. The first-order chi connectivity index (χ1) is 15.8. The van der Waals surface area contributed by atoms with Crippen LogP contribution in [0.2, 0.25) is 0 Å². The first kappa shape index (κ1) is 23.9. The molecule has 1 N–H and O–H groups in total. The predicted molar refractivity (Wildman–Crippen MR) is 126 cm³/mol. The van der Waals surface area contributed by atoms with E-state index >= 15 is 0 Å². The van der Waals surface area contributed by atoms with E-state index in [0.717, 1.165) is 5.75 Å². The largest absolute Gasteiger partial charge is 0.497 e. The van der Waals surface area contributed by atoms with E-state index in [0.29, 0.717) is 35.9 Å². The van der Waals surface area contributed by atoms with Crippen molar-refractivity contribution in [1.82, 2.24) is 4.90 Å². The lowest BCUT2D eigenvalue weighted by molar-refractivity contribution is 0.0773. The van der Waals surface area contributed by atoms with Gasteiger partial charge in [0, 0.05) is 12.6 Å². The summed E-state index contributed by atoms with van der Waals surface area (Å²) in [6.07, 6.45) is 0. The number of amides is 1. The highest BCUT2D eigenvalue weighted by Gasteiger charge is 2.18. The van der Waals surface area contributed by atoms with Gasteiger partial charge in [0.15, 0.2) is 0 Å². The van der Waals surface area contributed by atoms with Crippen molar-refractivity contribution >= 4 is 21.6 Å². The Bertz CT molecular complexity index is 1180. The average molecular weight is 471 g/mol. The van der Waals surface area contributed by atoms with Crippen molar-refractivity contribution in [3.05, 3.63) is 78.4 Å². The summed E-state index contributed by atoms with van der Waals surface area (Å²) in [7, 11) is 0.875. The van der Waals surface area contributed by atoms with Gasteiger partial charge in [-0.15, -0.1) is 0 Å². The average Bonchev–Trinajstić information content (AvgIpc) is 2.84. The first-order valence-corrected chi connectivity index (χ1v) is 11.6. The maximum Gasteiger partial charge on any atom is 0.262 e. The number of likely N-dealkylation sites (N-methyl/N-ethyl adjacent to an activating group) is 1. The third kappa shape index (κ3) is 6.17. The lowest BCUT2D eigenvalue weighted by Gasteiger charge is -2.18. The maximum atomic E-state index is 12.7. The zero-order valence-corrected chi connectivity index (χ0v) is 19.5. The molecule has 0 aromatic heterocycles. The third-order valence-electron chi connectivity index (χ3n) is 4.86. The van der Waals surface area contributed by atoms with Gasteiger partial charge >= 0.3 is 0 Å². The zero-order valence-electron chi connectivity index (χ0n) is 18.6. The molecule has 0 saturated heterocycles. The van der Waals surface area contributed by atoms with Crippen molar-refractivity contribution in [1.29, 1.82) is 0 Å². The molecule has 174 valence electrons. The molecular formula is C24H26N2O6S. The number of para-hydroxylation sites is 2. The summed E-state index contributed by atoms with van der Waals surface area (Å²) >= 11 is 0. The van der Waals surface area contributed by atoms with Crippen LogP contribution in [0.25, 0.3) is 0 Å². The Hall–Kier alpha value is -3.72. The van der Waals surface area contributed by atoms with Crippen LogP contribution >= 0.6 is 0 Å². The van der Waals surface area contributed by atoms with Gasteiger partial charge in [-0.3, -0.25) is 9.52 Å². The number of carbonyl (C=O) groups is 1. The Morgan fingerprint density at radius 3 is 2.15 bits per heavy atom. The molecule has 1 amide bonds. The van der Waals surface area contributed by atoms with E-state index < -0.39 is 10.0 Å². The van der Waals surface area contributed by atoms with Crippen LogP contribution in [0.1, 0.15) is 10.4 Å². The highest BCUT2D eigenvalue weighted by atomic mass is 32.2. The van der Waals surface area contributed by atoms with Gasteiger partial charge in [0.1, 0.15) is 23.9 Å². The summed E-state index contributed by atoms with van der Waals surface area (Å²) in [6, 6.07) is 19.7. The van der Waals surface area contributed by atoms with Crippen LogP contribution in [0.15, 0.2) is 77.7 Å². The molecule has 9 heteroatoms. The molecule has 3 aromatic carbocycles. The molecule has 0 spiro atoms. The number of hydrogen-bond acceptors (Lipinski definition) is 6. The van der Waals surface area contributed by atoms with Crippen molar-refractivity contribution in [2.45, 2.75) is 4.90 Å². The minimum Gasteiger partial charge on any atom is -0.497 e. The normalized spacial score (nSPS) is 10.9. The van der Waals surface area contributed by atoms with Gasteiger partial charge in [0.2, 0.25) is 0 Å². The van der Waals surface area contributed by atoms with Crippen LogP contribution < -0.4 is 18.9 Å². The molecule has 33 heavy (non-hydrogen) atoms. The van der Waals surface area contributed by atoms with Crippen LogP contribution in [0.5, 0.6) is 17.2 Å². The standard InChI is InChI=1S/C24H26N2O6S/c1-26(16-17-32-20-12-10-19(30-2)11-13-20)24(27)18-8-14-21(15-9-18)33(28,29)25-22-6-4-5-7-23(22)31-3/h4-15,25H,16-17H2,1-3H3. The number of carbonyl (C=O) groups excluding carboxylic acids is 1. The molecule has 0 atom stereocenters. The number of benzene rings is 3. The number of sulfonamides is 1. The summed E-state index contributed by atoms with van der Waals surface area (Å²) in [5.74, 6) is 1.58. The lowest BCUT2D eigenvalue weighted by Crippen LogP contribution is -2.30. The second-order valence-electron chi connectivity index (χ2n) is 7.08. The molecule has 0 fully saturated rings. The van der Waals surface area contributed by atoms with E-state index in [9.17, 15) is 13.2 Å². The lowest BCUT2D eigenvalue weighted by atomic mass is 10.2. The molecule has 0 bridgehead atoms. The second-order valence-corrected chi connectivity index (χ2v) is 8.76. The fraction of sp³-hybridized carbons (Fsp3) is 0.208. The van der Waals surface area contributed by atoms with Crippen molar-refractivity contribution in [3.8, 4) is 17.2 Å². The van der Waals surface area contributed by atoms with E-state index in [1.165, 1.54) is 36.3 Å². The molecular weight excluding hydrogens is 444 g/mol. The topological polar surface area (TPSA) is 94.2 Å². The van der Waals surface area contributed by atoms with Crippen LogP contribution in [0.4, 0.5) is 5.69 Å². The van der Waals surface area contributed by atoms with Crippen LogP contribution in [0.3, 0.4) is 0 Å². The second kappa shape index (κ2) is 10.7. The predicted octanol–water partition coefficient (Wildman–Crippen LogP) is 3.66. The fourth-order valence-electron chi connectivity index (χ4n) is 3.00. The summed E-state index contributed by atoms with van der Waals surface area (Å²) in [5.41, 5.74) is 0.704. The Morgan fingerprint density at radius 1 is 0.879 bits per heavy atom. The molecule has 0 unspecified atom stereocenters. The van der Waals surface area contributed by atoms with Crippen LogP contribution in [-0.2, 0) is 10.0 Å². The Morgan fingerprint density at radius 2 is 1.52 bits per heavy atom. The van der Waals surface area contributed by atoms with Crippen molar-refractivity contribution in [2.24, 2.45) is 0 Å². The van der Waals surface area contributed by atoms with Crippen LogP contribution in [0, 0.1) is 0 Å². The molecule has 0 saturated carbocycles. The molecule has 3 rings (SSSR count). The summed E-state index contributed by atoms with van der Waals surface area (Å²) in [6.45, 7) is 0.671. The van der Waals surface area contributed by atoms with Gasteiger partial charge in [-0.1, -0.05) is 12.1 Å². The summed E-state index contributed by atoms with van der Waals surface area (Å²) in [5, 5.41) is 0. The van der Waals surface area contributed by atoms with E-state index in [4.69, 9.17) is 14.2 Å². The van der Waals surface area contributed by atoms with E-state index in [2.05, 4.69) is 4.72 Å². The number of anilines is 1. The van der Waals surface area contributed by atoms with E-state index in [1.54, 1.807) is 62.7 Å². The quantitative estimate of drug-likeness (QED) is 0.486. The van der Waals surface area contributed by atoms with Crippen molar-refractivity contribution < 1.29 is 27.4 Å². The summed E-state index contributed by atoms with van der Waals surface area (Å²) in [4.78, 5) is 14.2. The van der Waals surface area contributed by atoms with E-state index in [-0.39, 0.29) is 10.8 Å². The number of rotatable bonds is 10. The molecule has 8 nitrogen and oxygen atoms in total. The van der Waals surface area contributed by atoms with Gasteiger partial charge < -0.3 is 19.1 Å². The number of ether oxygens (including phenoxy) is 3. The Balaban J connectivity index is 1.59. The summed E-state index contributed by atoms with van der Waals surface area (Å²) < 4.78 is 43.9. The molecule has 3 aromatic rings. The number of nitrogens with zero attached hydrogens (tertiary/aromatic N) is 1. The molecule has 0 aliphatic heterocycles. The fourth-order valence-corrected chi connectivity index (χ4v) is 4.07. The van der Waals surface area contributed by atoms with E-state index in [1.807, 2.05) is 0 Å². The van der Waals surface area contributed by atoms with Gasteiger partial charge in [-0.25, -0.2) is 8.42 Å². The van der Waals surface area contributed by atoms with Gasteiger partial charge in [-0.2, -0.15) is 0 Å². The smallest absolute Gasteiger partial charge is 0.262 e. The number of hydrogen-bond donors (Lipinski definition) is 1. The van der Waals surface area contributed by atoms with Gasteiger partial charge in [0.25, 0.3) is 15.9 Å². The molecule has 0 heterocycles. The Labute approximate surface area is 193 Å². The molecule has 0 aliphatic rings. The zero-order chi connectivity index (χ0) is 23.8. The van der Waals surface area contributed by atoms with Crippen molar-refractivity contribution in [2.75, 3.05) is 39.1 Å². The molecule has 0 aliphatic carbocycles. The highest BCUT2D eigenvalue weighted by molar-refractivity contribution is 7.92.